The second-order valence-electron chi connectivity index (χ2n) is 7.19. The number of pyridine rings is 1. The summed E-state index contributed by atoms with van der Waals surface area (Å²) in [5, 5.41) is 4.18. The summed E-state index contributed by atoms with van der Waals surface area (Å²) in [5.74, 6) is -0.262. The monoisotopic (exact) mass is 443 g/mol. The van der Waals surface area contributed by atoms with Gasteiger partial charge in [0.2, 0.25) is 0 Å². The summed E-state index contributed by atoms with van der Waals surface area (Å²) in [6, 6.07) is 17.7. The number of hydrogen-bond acceptors (Lipinski definition) is 3. The van der Waals surface area contributed by atoms with E-state index >= 15 is 0 Å². The Labute approximate surface area is 185 Å². The number of likely N-dealkylation sites (N-methyl/N-ethyl adjacent to an activating group) is 1. The van der Waals surface area contributed by atoms with Gasteiger partial charge in [0.15, 0.2) is 0 Å². The molecule has 0 radical (unpaired) electrons. The van der Waals surface area contributed by atoms with E-state index in [4.69, 9.17) is 23.2 Å². The summed E-state index contributed by atoms with van der Waals surface area (Å²) in [4.78, 5) is 27.0. The van der Waals surface area contributed by atoms with Crippen LogP contribution in [-0.4, -0.2) is 36.0 Å². The number of aromatic nitrogens is 1. The van der Waals surface area contributed by atoms with E-state index in [0.717, 1.165) is 11.1 Å². The van der Waals surface area contributed by atoms with Crippen LogP contribution in [0.25, 0.3) is 0 Å². The van der Waals surface area contributed by atoms with Gasteiger partial charge in [0.1, 0.15) is 0 Å². The van der Waals surface area contributed by atoms with Crippen molar-refractivity contribution >= 4 is 29.1 Å². The lowest BCUT2D eigenvalue weighted by Gasteiger charge is -2.26. The molecule has 2 aromatic carbocycles. The maximum absolute atomic E-state index is 12.8. The molecule has 7 heteroatoms. The Balaban J connectivity index is 1.76. The number of benzene rings is 2. The lowest BCUT2D eigenvalue weighted by Crippen LogP contribution is -2.35. The fraction of sp³-hybridized carbons (Fsp3) is 0.217. The minimum absolute atomic E-state index is 0.0864. The summed E-state index contributed by atoms with van der Waals surface area (Å²) >= 11 is 12.5. The van der Waals surface area contributed by atoms with Crippen molar-refractivity contribution < 1.29 is 4.79 Å². The summed E-state index contributed by atoms with van der Waals surface area (Å²) in [5.41, 5.74) is 1.95. The van der Waals surface area contributed by atoms with Crippen LogP contribution < -0.4 is 10.9 Å². The van der Waals surface area contributed by atoms with E-state index in [1.807, 2.05) is 61.5 Å². The smallest absolute Gasteiger partial charge is 0.252 e. The van der Waals surface area contributed by atoms with Gasteiger partial charge in [0, 0.05) is 28.9 Å². The second-order valence-corrected chi connectivity index (χ2v) is 8.00. The van der Waals surface area contributed by atoms with E-state index < -0.39 is 0 Å². The minimum atomic E-state index is -0.262. The van der Waals surface area contributed by atoms with Gasteiger partial charge in [-0.2, -0.15) is 0 Å². The topological polar surface area (TPSA) is 54.3 Å². The molecule has 1 N–H and O–H groups in total. The van der Waals surface area contributed by atoms with E-state index in [-0.39, 0.29) is 17.5 Å². The molecular weight excluding hydrogens is 421 g/mol. The Bertz CT molecular complexity index is 1100. The number of hydrogen-bond donors (Lipinski definition) is 1. The maximum atomic E-state index is 12.8. The highest BCUT2D eigenvalue weighted by molar-refractivity contribution is 6.31. The first-order valence-electron chi connectivity index (χ1n) is 9.49. The first-order chi connectivity index (χ1) is 14.4. The van der Waals surface area contributed by atoms with Gasteiger partial charge in [-0.1, -0.05) is 59.6 Å². The van der Waals surface area contributed by atoms with E-state index in [0.29, 0.717) is 28.7 Å². The van der Waals surface area contributed by atoms with Crippen molar-refractivity contribution in [3.63, 3.8) is 0 Å². The van der Waals surface area contributed by atoms with E-state index in [1.165, 1.54) is 16.7 Å². The second kappa shape index (κ2) is 9.94. The van der Waals surface area contributed by atoms with Crippen molar-refractivity contribution in [2.75, 3.05) is 20.6 Å². The zero-order valence-electron chi connectivity index (χ0n) is 16.8. The molecule has 1 atom stereocenters. The SMILES string of the molecule is CN(C)[C@H](CNC(=O)c1ccc(=O)n(Cc2ccccc2Cl)c1)c1ccccc1Cl. The summed E-state index contributed by atoms with van der Waals surface area (Å²) in [6.45, 7) is 0.665. The fourth-order valence-electron chi connectivity index (χ4n) is 3.21. The largest absolute Gasteiger partial charge is 0.350 e. The number of amides is 1. The van der Waals surface area contributed by atoms with Gasteiger partial charge in [0.25, 0.3) is 11.5 Å². The molecule has 0 bridgehead atoms. The highest BCUT2D eigenvalue weighted by atomic mass is 35.5. The Hall–Kier alpha value is -2.60. The van der Waals surface area contributed by atoms with Gasteiger partial charge >= 0.3 is 0 Å². The molecule has 5 nitrogen and oxygen atoms in total. The first kappa shape index (κ1) is 22.1. The number of rotatable bonds is 7. The molecule has 0 aliphatic carbocycles. The molecule has 0 unspecified atom stereocenters. The van der Waals surface area contributed by atoms with Crippen molar-refractivity contribution in [3.05, 3.63) is 104 Å². The van der Waals surface area contributed by atoms with Crippen LogP contribution in [0.4, 0.5) is 0 Å². The van der Waals surface area contributed by atoms with Crippen LogP contribution in [0.5, 0.6) is 0 Å². The number of carbonyl (C=O) groups excluding carboxylic acids is 1. The van der Waals surface area contributed by atoms with E-state index in [2.05, 4.69) is 5.32 Å². The lowest BCUT2D eigenvalue weighted by atomic mass is 10.1. The van der Waals surface area contributed by atoms with Crippen LogP contribution in [0.2, 0.25) is 10.0 Å². The van der Waals surface area contributed by atoms with Gasteiger partial charge in [-0.3, -0.25) is 9.59 Å². The highest BCUT2D eigenvalue weighted by Gasteiger charge is 2.18. The normalized spacial score (nSPS) is 12.0. The predicted molar refractivity (Wildman–Crippen MR) is 121 cm³/mol. The van der Waals surface area contributed by atoms with Crippen molar-refractivity contribution in [1.82, 2.24) is 14.8 Å². The molecule has 0 spiro atoms. The van der Waals surface area contributed by atoms with Crippen LogP contribution in [0, 0.1) is 0 Å². The third-order valence-corrected chi connectivity index (χ3v) is 5.60. The lowest BCUT2D eigenvalue weighted by molar-refractivity contribution is 0.0941. The Kier molecular flexibility index (Phi) is 7.32. The average molecular weight is 444 g/mol. The van der Waals surface area contributed by atoms with Crippen LogP contribution in [0.15, 0.2) is 71.7 Å². The Morgan fingerprint density at radius 3 is 2.33 bits per heavy atom. The van der Waals surface area contributed by atoms with Crippen molar-refractivity contribution in [2.24, 2.45) is 0 Å². The molecule has 30 heavy (non-hydrogen) atoms. The van der Waals surface area contributed by atoms with E-state index in [1.54, 1.807) is 12.3 Å². The number of nitrogens with zero attached hydrogens (tertiary/aromatic N) is 2. The summed E-state index contributed by atoms with van der Waals surface area (Å²) in [6.07, 6.45) is 1.56. The third kappa shape index (κ3) is 5.30. The number of nitrogens with one attached hydrogen (secondary N) is 1. The first-order valence-corrected chi connectivity index (χ1v) is 10.3. The molecule has 156 valence electrons. The fourth-order valence-corrected chi connectivity index (χ4v) is 3.66. The van der Waals surface area contributed by atoms with Crippen molar-refractivity contribution in [3.8, 4) is 0 Å². The van der Waals surface area contributed by atoms with Gasteiger partial charge in [0.05, 0.1) is 18.2 Å². The Morgan fingerprint density at radius 2 is 1.67 bits per heavy atom. The van der Waals surface area contributed by atoms with Gasteiger partial charge in [-0.15, -0.1) is 0 Å². The molecule has 1 amide bonds. The highest BCUT2D eigenvalue weighted by Crippen LogP contribution is 2.25. The molecule has 3 aromatic rings. The molecule has 3 rings (SSSR count). The maximum Gasteiger partial charge on any atom is 0.252 e. The number of carbonyl (C=O) groups is 1. The minimum Gasteiger partial charge on any atom is -0.350 e. The molecule has 0 aliphatic heterocycles. The Morgan fingerprint density at radius 1 is 1.00 bits per heavy atom. The van der Waals surface area contributed by atoms with Gasteiger partial charge < -0.3 is 14.8 Å². The third-order valence-electron chi connectivity index (χ3n) is 4.89. The number of halogens is 2. The van der Waals surface area contributed by atoms with E-state index in [9.17, 15) is 9.59 Å². The summed E-state index contributed by atoms with van der Waals surface area (Å²) in [7, 11) is 3.87. The quantitative estimate of drug-likeness (QED) is 0.593. The van der Waals surface area contributed by atoms with Crippen LogP contribution in [0.3, 0.4) is 0 Å². The molecule has 0 saturated heterocycles. The van der Waals surface area contributed by atoms with Crippen LogP contribution >= 0.6 is 23.2 Å². The molecule has 1 heterocycles. The van der Waals surface area contributed by atoms with Gasteiger partial charge in [-0.05, 0) is 43.4 Å². The average Bonchev–Trinajstić information content (AvgIpc) is 2.72. The zero-order valence-corrected chi connectivity index (χ0v) is 18.3. The predicted octanol–water partition coefficient (Wildman–Crippen LogP) is 4.24. The molecular formula is C23H23Cl2N3O2. The van der Waals surface area contributed by atoms with Crippen LogP contribution in [0.1, 0.15) is 27.5 Å². The molecule has 0 aliphatic rings. The van der Waals surface area contributed by atoms with Crippen molar-refractivity contribution in [1.29, 1.82) is 0 Å². The standard InChI is InChI=1S/C23H23Cl2N3O2/c1-27(2)21(18-8-4-6-10-20(18)25)13-26-23(30)17-11-12-22(29)28(15-17)14-16-7-3-5-9-19(16)24/h3-12,15,21H,13-14H2,1-2H3,(H,26,30)/t21-/m1/s1. The van der Waals surface area contributed by atoms with Gasteiger partial charge in [-0.25, -0.2) is 0 Å². The zero-order chi connectivity index (χ0) is 21.7. The molecule has 1 aromatic heterocycles. The summed E-state index contributed by atoms with van der Waals surface area (Å²) < 4.78 is 1.48. The van der Waals surface area contributed by atoms with Crippen molar-refractivity contribution in [2.45, 2.75) is 12.6 Å². The van der Waals surface area contributed by atoms with Crippen LogP contribution in [-0.2, 0) is 6.54 Å². The molecule has 0 saturated carbocycles. The molecule has 0 fully saturated rings.